The van der Waals surface area contributed by atoms with E-state index in [1.54, 1.807) is 12.1 Å². The van der Waals surface area contributed by atoms with Gasteiger partial charge >= 0.3 is 0 Å². The topological polar surface area (TPSA) is 69.2 Å². The van der Waals surface area contributed by atoms with Gasteiger partial charge in [0.1, 0.15) is 0 Å². The Balaban J connectivity index is 2.13. The van der Waals surface area contributed by atoms with E-state index in [0.29, 0.717) is 0 Å². The molecule has 0 radical (unpaired) electrons. The van der Waals surface area contributed by atoms with Crippen LogP contribution in [0.3, 0.4) is 0 Å². The quantitative estimate of drug-likeness (QED) is 0.675. The summed E-state index contributed by atoms with van der Waals surface area (Å²) in [5.41, 5.74) is 7.49. The highest BCUT2D eigenvalue weighted by Crippen LogP contribution is 2.38. The number of non-ortho nitro benzene ring substituents is 1. The molecule has 0 heterocycles. The highest BCUT2D eigenvalue weighted by atomic mass is 79.9. The minimum Gasteiger partial charge on any atom is -0.325 e. The molecule has 0 amide bonds. The lowest BCUT2D eigenvalue weighted by Gasteiger charge is -2.25. The van der Waals surface area contributed by atoms with E-state index in [9.17, 15) is 10.1 Å². The van der Waals surface area contributed by atoms with Crippen molar-refractivity contribution in [2.45, 2.75) is 44.6 Å². The van der Waals surface area contributed by atoms with Gasteiger partial charge in [0.15, 0.2) is 0 Å². The first-order chi connectivity index (χ1) is 8.93. The van der Waals surface area contributed by atoms with Crippen molar-refractivity contribution in [2.24, 2.45) is 11.7 Å². The third kappa shape index (κ3) is 3.34. The molecule has 2 atom stereocenters. The first kappa shape index (κ1) is 14.5. The van der Waals surface area contributed by atoms with Crippen LogP contribution in [0.2, 0.25) is 0 Å². The summed E-state index contributed by atoms with van der Waals surface area (Å²) in [6.07, 6.45) is 5.24. The zero-order valence-electron chi connectivity index (χ0n) is 11.1. The summed E-state index contributed by atoms with van der Waals surface area (Å²) in [6, 6.07) is 4.93. The van der Waals surface area contributed by atoms with Gasteiger partial charge in [-0.05, 0) is 37.2 Å². The van der Waals surface area contributed by atoms with Gasteiger partial charge in [-0.25, -0.2) is 0 Å². The first-order valence-electron chi connectivity index (χ1n) is 6.65. The Morgan fingerprint density at radius 1 is 1.58 bits per heavy atom. The maximum absolute atomic E-state index is 10.7. The summed E-state index contributed by atoms with van der Waals surface area (Å²) >= 11 is 3.42. The van der Waals surface area contributed by atoms with Crippen LogP contribution >= 0.6 is 15.9 Å². The predicted molar refractivity (Wildman–Crippen MR) is 79.1 cm³/mol. The molecule has 1 fully saturated rings. The van der Waals surface area contributed by atoms with Gasteiger partial charge in [0.25, 0.3) is 5.69 Å². The molecule has 4 nitrogen and oxygen atoms in total. The van der Waals surface area contributed by atoms with Crippen molar-refractivity contribution in [3.8, 4) is 0 Å². The minimum atomic E-state index is -0.380. The molecule has 1 saturated carbocycles. The molecular weight excluding hydrogens is 308 g/mol. The number of nitro benzene ring substituents is 1. The van der Waals surface area contributed by atoms with E-state index in [1.807, 2.05) is 6.07 Å². The summed E-state index contributed by atoms with van der Waals surface area (Å²) in [5.74, 6) is 0.724. The Hall–Kier alpha value is -0.940. The lowest BCUT2D eigenvalue weighted by Crippen LogP contribution is -2.39. The zero-order valence-corrected chi connectivity index (χ0v) is 12.6. The molecular formula is C14H19BrN2O2. The van der Waals surface area contributed by atoms with Gasteiger partial charge in [-0.3, -0.25) is 10.1 Å². The minimum absolute atomic E-state index is 0.111. The standard InChI is InChI=1S/C14H19BrN2O2/c1-2-10-5-6-14(16,8-10)9-11-3-4-12(17(18)19)7-13(11)15/h3-4,7,10H,2,5-6,8-9,16H2,1H3. The van der Waals surface area contributed by atoms with E-state index in [2.05, 4.69) is 22.9 Å². The van der Waals surface area contributed by atoms with E-state index < -0.39 is 0 Å². The van der Waals surface area contributed by atoms with Gasteiger partial charge in [0.2, 0.25) is 0 Å². The Morgan fingerprint density at radius 3 is 2.84 bits per heavy atom. The maximum Gasteiger partial charge on any atom is 0.270 e. The number of nitrogens with zero attached hydrogens (tertiary/aromatic N) is 1. The Morgan fingerprint density at radius 2 is 2.32 bits per heavy atom. The Kier molecular flexibility index (Phi) is 4.26. The number of halogens is 1. The van der Waals surface area contributed by atoms with Gasteiger partial charge in [0.05, 0.1) is 4.92 Å². The molecule has 19 heavy (non-hydrogen) atoms. The molecule has 104 valence electrons. The Labute approximate surface area is 121 Å². The second-order valence-electron chi connectivity index (χ2n) is 5.59. The zero-order chi connectivity index (χ0) is 14.0. The number of benzene rings is 1. The van der Waals surface area contributed by atoms with E-state index in [1.165, 1.54) is 12.8 Å². The van der Waals surface area contributed by atoms with Crippen molar-refractivity contribution in [2.75, 3.05) is 0 Å². The molecule has 1 aliphatic carbocycles. The molecule has 0 aromatic heterocycles. The molecule has 0 spiro atoms. The Bertz CT molecular complexity index is 492. The number of hydrogen-bond donors (Lipinski definition) is 1. The summed E-state index contributed by atoms with van der Waals surface area (Å²) in [6.45, 7) is 2.21. The highest BCUT2D eigenvalue weighted by Gasteiger charge is 2.35. The number of rotatable bonds is 4. The van der Waals surface area contributed by atoms with Crippen LogP contribution in [-0.4, -0.2) is 10.5 Å². The average Bonchev–Trinajstić information content (AvgIpc) is 2.73. The fraction of sp³-hybridized carbons (Fsp3) is 0.571. The summed E-state index contributed by atoms with van der Waals surface area (Å²) in [5, 5.41) is 10.7. The third-order valence-corrected chi connectivity index (χ3v) is 4.85. The van der Waals surface area contributed by atoms with Crippen molar-refractivity contribution in [1.29, 1.82) is 0 Å². The van der Waals surface area contributed by atoms with Crippen molar-refractivity contribution in [3.63, 3.8) is 0 Å². The highest BCUT2D eigenvalue weighted by molar-refractivity contribution is 9.10. The van der Waals surface area contributed by atoms with Crippen LogP contribution in [0.15, 0.2) is 22.7 Å². The van der Waals surface area contributed by atoms with Gasteiger partial charge in [-0.1, -0.05) is 35.3 Å². The molecule has 1 aromatic carbocycles. The van der Waals surface area contributed by atoms with Gasteiger partial charge < -0.3 is 5.73 Å². The third-order valence-electron chi connectivity index (χ3n) is 4.11. The molecule has 1 aromatic rings. The first-order valence-corrected chi connectivity index (χ1v) is 7.44. The summed E-state index contributed by atoms with van der Waals surface area (Å²) in [7, 11) is 0. The van der Waals surface area contributed by atoms with Crippen molar-refractivity contribution < 1.29 is 4.92 Å². The van der Waals surface area contributed by atoms with Crippen LogP contribution in [-0.2, 0) is 6.42 Å². The fourth-order valence-electron chi connectivity index (χ4n) is 2.95. The molecule has 0 bridgehead atoms. The van der Waals surface area contributed by atoms with E-state index in [4.69, 9.17) is 5.73 Å². The molecule has 2 N–H and O–H groups in total. The van der Waals surface area contributed by atoms with Crippen molar-refractivity contribution >= 4 is 21.6 Å². The van der Waals surface area contributed by atoms with Crippen LogP contribution in [0.5, 0.6) is 0 Å². The molecule has 2 unspecified atom stereocenters. The van der Waals surface area contributed by atoms with Crippen LogP contribution in [0.1, 0.15) is 38.2 Å². The molecule has 1 aliphatic rings. The van der Waals surface area contributed by atoms with Crippen LogP contribution in [0.4, 0.5) is 5.69 Å². The van der Waals surface area contributed by atoms with E-state index in [0.717, 1.165) is 35.2 Å². The number of nitrogens with two attached hydrogens (primary N) is 1. The normalized spacial score (nSPS) is 26.6. The second kappa shape index (κ2) is 5.59. The van der Waals surface area contributed by atoms with Gasteiger partial charge in [0, 0.05) is 22.1 Å². The average molecular weight is 327 g/mol. The molecule has 5 heteroatoms. The van der Waals surface area contributed by atoms with Crippen molar-refractivity contribution in [3.05, 3.63) is 38.3 Å². The fourth-order valence-corrected chi connectivity index (χ4v) is 3.46. The van der Waals surface area contributed by atoms with Crippen LogP contribution < -0.4 is 5.73 Å². The second-order valence-corrected chi connectivity index (χ2v) is 6.44. The number of hydrogen-bond acceptors (Lipinski definition) is 3. The summed E-state index contributed by atoms with van der Waals surface area (Å²) < 4.78 is 0.784. The molecule has 2 rings (SSSR count). The van der Waals surface area contributed by atoms with Gasteiger partial charge in [-0.15, -0.1) is 0 Å². The monoisotopic (exact) mass is 326 g/mol. The van der Waals surface area contributed by atoms with Crippen LogP contribution in [0.25, 0.3) is 0 Å². The van der Waals surface area contributed by atoms with E-state index in [-0.39, 0.29) is 16.1 Å². The summed E-state index contributed by atoms with van der Waals surface area (Å²) in [4.78, 5) is 10.3. The largest absolute Gasteiger partial charge is 0.325 e. The number of nitro groups is 1. The lowest BCUT2D eigenvalue weighted by atomic mass is 9.89. The maximum atomic E-state index is 10.7. The van der Waals surface area contributed by atoms with E-state index >= 15 is 0 Å². The predicted octanol–water partition coefficient (Wildman–Crippen LogP) is 3.81. The lowest BCUT2D eigenvalue weighted by molar-refractivity contribution is -0.384. The smallest absolute Gasteiger partial charge is 0.270 e. The van der Waals surface area contributed by atoms with Crippen LogP contribution in [0, 0.1) is 16.0 Å². The molecule has 0 aliphatic heterocycles. The SMILES string of the molecule is CCC1CCC(N)(Cc2ccc([N+](=O)[O-])cc2Br)C1. The van der Waals surface area contributed by atoms with Gasteiger partial charge in [-0.2, -0.15) is 0 Å². The molecule has 0 saturated heterocycles. The van der Waals surface area contributed by atoms with Crippen molar-refractivity contribution in [1.82, 2.24) is 0 Å².